The molecule has 0 unspecified atom stereocenters. The second-order valence-corrected chi connectivity index (χ2v) is 7.52. The Hall–Kier alpha value is -2.86. The lowest BCUT2D eigenvalue weighted by Crippen LogP contribution is -2.52. The molecule has 1 saturated carbocycles. The van der Waals surface area contributed by atoms with E-state index in [4.69, 9.17) is 11.6 Å². The van der Waals surface area contributed by atoms with Gasteiger partial charge in [-0.15, -0.1) is 0 Å². The highest BCUT2D eigenvalue weighted by Gasteiger charge is 2.27. The summed E-state index contributed by atoms with van der Waals surface area (Å²) in [6.45, 7) is 0. The normalized spacial score (nSPS) is 15.0. The smallest absolute Gasteiger partial charge is 0.268 e. The summed E-state index contributed by atoms with van der Waals surface area (Å²) in [7, 11) is 0. The Morgan fingerprint density at radius 1 is 1.21 bits per heavy atom. The fraction of sp³-hybridized carbons (Fsp3) is 0.286. The third-order valence-electron chi connectivity index (χ3n) is 5.07. The number of fused-ring (bicyclic) bond motifs is 1. The highest BCUT2D eigenvalue weighted by molar-refractivity contribution is 6.30. The monoisotopic (exact) mass is 396 g/mol. The minimum atomic E-state index is -0.649. The molecular weight excluding hydrogens is 376 g/mol. The van der Waals surface area contributed by atoms with E-state index in [9.17, 15) is 9.59 Å². The highest BCUT2D eigenvalue weighted by Crippen LogP contribution is 2.19. The van der Waals surface area contributed by atoms with Gasteiger partial charge in [-0.25, -0.2) is 4.98 Å². The molecule has 1 fully saturated rings. The Bertz CT molecular complexity index is 998. The maximum atomic E-state index is 12.8. The number of aromatic amines is 1. The molecule has 144 valence electrons. The second kappa shape index (κ2) is 8.02. The SMILES string of the molecule is O=C(N[C@@H](Cc1ccccc1)C(=O)NC1CCC1)c1cc2cc(Cl)ncc2[nH]1. The van der Waals surface area contributed by atoms with Crippen LogP contribution in [0, 0.1) is 0 Å². The molecular formula is C21H21ClN4O2. The van der Waals surface area contributed by atoms with Crippen LogP contribution in [0.2, 0.25) is 5.15 Å². The lowest BCUT2D eigenvalue weighted by Gasteiger charge is -2.29. The van der Waals surface area contributed by atoms with Crippen molar-refractivity contribution in [3.63, 3.8) is 0 Å². The molecule has 4 rings (SSSR count). The van der Waals surface area contributed by atoms with Gasteiger partial charge >= 0.3 is 0 Å². The van der Waals surface area contributed by atoms with Crippen molar-refractivity contribution in [1.82, 2.24) is 20.6 Å². The van der Waals surface area contributed by atoms with Crippen LogP contribution in [0.3, 0.4) is 0 Å². The number of benzene rings is 1. The molecule has 1 atom stereocenters. The first kappa shape index (κ1) is 18.5. The number of halogens is 1. The molecule has 0 bridgehead atoms. The summed E-state index contributed by atoms with van der Waals surface area (Å²) in [4.78, 5) is 32.6. The van der Waals surface area contributed by atoms with Crippen LogP contribution in [-0.2, 0) is 11.2 Å². The minimum absolute atomic E-state index is 0.150. The average molecular weight is 397 g/mol. The van der Waals surface area contributed by atoms with E-state index in [-0.39, 0.29) is 17.9 Å². The van der Waals surface area contributed by atoms with Crippen LogP contribution in [0.5, 0.6) is 0 Å². The number of amides is 2. The van der Waals surface area contributed by atoms with Crippen LogP contribution in [0.15, 0.2) is 48.7 Å². The Labute approximate surface area is 167 Å². The number of carbonyl (C=O) groups is 2. The molecule has 2 heterocycles. The average Bonchev–Trinajstić information content (AvgIpc) is 3.08. The Morgan fingerprint density at radius 2 is 2.00 bits per heavy atom. The van der Waals surface area contributed by atoms with Gasteiger partial charge in [-0.3, -0.25) is 9.59 Å². The van der Waals surface area contributed by atoms with Crippen LogP contribution in [0.25, 0.3) is 10.9 Å². The number of nitrogens with one attached hydrogen (secondary N) is 3. The van der Waals surface area contributed by atoms with Crippen molar-refractivity contribution in [2.24, 2.45) is 0 Å². The number of H-pyrrole nitrogens is 1. The number of hydrogen-bond donors (Lipinski definition) is 3. The van der Waals surface area contributed by atoms with Gasteiger partial charge in [-0.2, -0.15) is 0 Å². The zero-order chi connectivity index (χ0) is 19.5. The van der Waals surface area contributed by atoms with Crippen LogP contribution in [0.4, 0.5) is 0 Å². The van der Waals surface area contributed by atoms with Crippen molar-refractivity contribution in [3.8, 4) is 0 Å². The fourth-order valence-corrected chi connectivity index (χ4v) is 3.44. The van der Waals surface area contributed by atoms with Gasteiger partial charge in [0, 0.05) is 17.8 Å². The van der Waals surface area contributed by atoms with E-state index in [1.54, 1.807) is 18.3 Å². The van der Waals surface area contributed by atoms with Crippen molar-refractivity contribution in [3.05, 3.63) is 65.1 Å². The van der Waals surface area contributed by atoms with Crippen LogP contribution >= 0.6 is 11.6 Å². The van der Waals surface area contributed by atoms with E-state index in [1.807, 2.05) is 30.3 Å². The van der Waals surface area contributed by atoms with Gasteiger partial charge in [0.25, 0.3) is 5.91 Å². The number of aromatic nitrogens is 2. The minimum Gasteiger partial charge on any atom is -0.352 e. The van der Waals surface area contributed by atoms with Crippen molar-refractivity contribution in [1.29, 1.82) is 0 Å². The molecule has 0 aliphatic heterocycles. The lowest BCUT2D eigenvalue weighted by molar-refractivity contribution is -0.124. The largest absolute Gasteiger partial charge is 0.352 e. The van der Waals surface area contributed by atoms with Gasteiger partial charge in [-0.1, -0.05) is 41.9 Å². The Kier molecular flexibility index (Phi) is 5.30. The maximum absolute atomic E-state index is 12.8. The molecule has 1 aliphatic rings. The van der Waals surface area contributed by atoms with Crippen LogP contribution in [0.1, 0.15) is 35.3 Å². The van der Waals surface area contributed by atoms with Gasteiger partial charge in [0.1, 0.15) is 16.9 Å². The summed E-state index contributed by atoms with van der Waals surface area (Å²) in [5, 5.41) is 7.07. The molecule has 0 radical (unpaired) electrons. The van der Waals surface area contributed by atoms with E-state index in [0.717, 1.165) is 30.2 Å². The molecule has 1 aliphatic carbocycles. The standard InChI is InChI=1S/C21H21ClN4O2/c22-19-11-14-10-17(25-18(14)12-23-19)21(28)26-16(9-13-5-2-1-3-6-13)20(27)24-15-7-4-8-15/h1-3,5-6,10-12,15-16,25H,4,7-9H2,(H,24,27)(H,26,28)/t16-/m0/s1. The molecule has 3 N–H and O–H groups in total. The molecule has 0 spiro atoms. The fourth-order valence-electron chi connectivity index (χ4n) is 3.28. The van der Waals surface area contributed by atoms with E-state index in [1.165, 1.54) is 0 Å². The van der Waals surface area contributed by atoms with E-state index >= 15 is 0 Å². The van der Waals surface area contributed by atoms with Gasteiger partial charge in [0.05, 0.1) is 11.7 Å². The van der Waals surface area contributed by atoms with Gasteiger partial charge in [-0.05, 0) is 37.0 Å². The third-order valence-corrected chi connectivity index (χ3v) is 5.28. The quantitative estimate of drug-likeness (QED) is 0.559. The number of carbonyl (C=O) groups excluding carboxylic acids is 2. The molecule has 28 heavy (non-hydrogen) atoms. The number of nitrogens with zero attached hydrogens (tertiary/aromatic N) is 1. The number of rotatable bonds is 6. The molecule has 2 amide bonds. The Morgan fingerprint density at radius 3 is 2.71 bits per heavy atom. The van der Waals surface area contributed by atoms with Crippen molar-refractivity contribution in [2.45, 2.75) is 37.8 Å². The van der Waals surface area contributed by atoms with Crippen LogP contribution in [-0.4, -0.2) is 33.9 Å². The topological polar surface area (TPSA) is 86.9 Å². The van der Waals surface area contributed by atoms with Crippen LogP contribution < -0.4 is 10.6 Å². The first-order chi connectivity index (χ1) is 13.6. The first-order valence-corrected chi connectivity index (χ1v) is 9.76. The van der Waals surface area contributed by atoms with E-state index in [0.29, 0.717) is 22.8 Å². The first-order valence-electron chi connectivity index (χ1n) is 9.38. The summed E-state index contributed by atoms with van der Waals surface area (Å²) >= 11 is 5.91. The number of hydrogen-bond acceptors (Lipinski definition) is 3. The summed E-state index contributed by atoms with van der Waals surface area (Å²) in [5.41, 5.74) is 2.07. The summed E-state index contributed by atoms with van der Waals surface area (Å²) in [5.74, 6) is -0.486. The molecule has 6 nitrogen and oxygen atoms in total. The van der Waals surface area contributed by atoms with Gasteiger partial charge in [0.15, 0.2) is 0 Å². The highest BCUT2D eigenvalue weighted by atomic mass is 35.5. The predicted molar refractivity (Wildman–Crippen MR) is 108 cm³/mol. The van der Waals surface area contributed by atoms with Gasteiger partial charge in [0.2, 0.25) is 5.91 Å². The molecule has 1 aromatic carbocycles. The van der Waals surface area contributed by atoms with Crippen molar-refractivity contribution >= 4 is 34.3 Å². The molecule has 0 saturated heterocycles. The van der Waals surface area contributed by atoms with Gasteiger partial charge < -0.3 is 15.6 Å². The van der Waals surface area contributed by atoms with E-state index in [2.05, 4.69) is 20.6 Å². The number of pyridine rings is 1. The summed E-state index contributed by atoms with van der Waals surface area (Å²) in [6.07, 6.45) is 5.13. The van der Waals surface area contributed by atoms with E-state index < -0.39 is 6.04 Å². The second-order valence-electron chi connectivity index (χ2n) is 7.13. The zero-order valence-corrected chi connectivity index (χ0v) is 16.0. The Balaban J connectivity index is 1.52. The maximum Gasteiger partial charge on any atom is 0.268 e. The molecule has 7 heteroatoms. The summed E-state index contributed by atoms with van der Waals surface area (Å²) < 4.78 is 0. The summed E-state index contributed by atoms with van der Waals surface area (Å²) in [6, 6.07) is 12.6. The third kappa shape index (κ3) is 4.17. The molecule has 2 aromatic heterocycles. The molecule has 3 aromatic rings. The lowest BCUT2D eigenvalue weighted by atomic mass is 9.92. The predicted octanol–water partition coefficient (Wildman–Crippen LogP) is 3.23. The van der Waals surface area contributed by atoms with Crippen molar-refractivity contribution < 1.29 is 9.59 Å². The van der Waals surface area contributed by atoms with Crippen molar-refractivity contribution in [2.75, 3.05) is 0 Å². The zero-order valence-electron chi connectivity index (χ0n) is 15.2.